The molecule has 6 aromatic rings. The van der Waals surface area contributed by atoms with Crippen molar-refractivity contribution in [1.82, 2.24) is 5.32 Å². The second kappa shape index (κ2) is 19.0. The van der Waals surface area contributed by atoms with Crippen LogP contribution in [-0.2, 0) is 25.0 Å². The molecule has 1 aromatic heterocycles. The van der Waals surface area contributed by atoms with Gasteiger partial charge in [0.15, 0.2) is 5.76 Å². The van der Waals surface area contributed by atoms with Crippen LogP contribution in [0.2, 0.25) is 0 Å². The van der Waals surface area contributed by atoms with Gasteiger partial charge in [0, 0.05) is 58.9 Å². The molecule has 14 heteroatoms. The molecule has 7 atom stereocenters. The van der Waals surface area contributed by atoms with Crippen LogP contribution in [-0.4, -0.2) is 73.1 Å². The van der Waals surface area contributed by atoms with E-state index in [1.807, 2.05) is 29.0 Å². The number of fused-ring (bicyclic) bond motifs is 12. The zero-order valence-corrected chi connectivity index (χ0v) is 41.4. The van der Waals surface area contributed by atoms with Gasteiger partial charge in [-0.2, -0.15) is 0 Å². The quantitative estimate of drug-likeness (QED) is 0.0786. The largest absolute Gasteiger partial charge is 0.507 e. The number of phenolic OH excluding ortho intramolecular Hbond substituents is 2. The molecule has 1 aliphatic carbocycles. The van der Waals surface area contributed by atoms with E-state index in [-0.39, 0.29) is 69.8 Å². The van der Waals surface area contributed by atoms with Gasteiger partial charge in [0.25, 0.3) is 0 Å². The third-order valence-corrected chi connectivity index (χ3v) is 20.4. The maximum Gasteiger partial charge on any atom is 0.238 e. The van der Waals surface area contributed by atoms with Gasteiger partial charge in [-0.1, -0.05) is 99.5 Å². The Balaban J connectivity index is 1.16. The van der Waals surface area contributed by atoms with Gasteiger partial charge in [0.2, 0.25) is 11.2 Å². The van der Waals surface area contributed by atoms with Crippen molar-refractivity contribution in [1.29, 1.82) is 0 Å². The highest BCUT2D eigenvalue weighted by Crippen LogP contribution is 2.59. The molecule has 0 saturated carbocycles. The first kappa shape index (κ1) is 46.4. The van der Waals surface area contributed by atoms with Gasteiger partial charge in [0.1, 0.15) is 34.3 Å². The summed E-state index contributed by atoms with van der Waals surface area (Å²) in [4.78, 5) is 15.3. The fraction of sp³-hybridized carbons (Fsp3) is 0.426. The van der Waals surface area contributed by atoms with Crippen molar-refractivity contribution >= 4 is 64.9 Å². The Hall–Kier alpha value is -3.99. The van der Waals surface area contributed by atoms with E-state index < -0.39 is 35.4 Å². The number of ether oxygens (including phenoxy) is 1. The summed E-state index contributed by atoms with van der Waals surface area (Å²) in [5.74, 6) is 0.185. The first-order valence-electron chi connectivity index (χ1n) is 24.0. The van der Waals surface area contributed by atoms with Crippen LogP contribution in [0.1, 0.15) is 114 Å². The van der Waals surface area contributed by atoms with Gasteiger partial charge in [-0.05, 0) is 131 Å². The predicted molar refractivity (Wildman–Crippen MR) is 278 cm³/mol. The molecule has 356 valence electrons. The monoisotopic (exact) mass is 991 g/mol. The Morgan fingerprint density at radius 1 is 0.882 bits per heavy atom. The van der Waals surface area contributed by atoms with Crippen LogP contribution in [0.15, 0.2) is 69.9 Å². The zero-order valence-electron chi connectivity index (χ0n) is 38.1. The van der Waals surface area contributed by atoms with Gasteiger partial charge >= 0.3 is 0 Å². The van der Waals surface area contributed by atoms with Gasteiger partial charge in [-0.15, -0.1) is 0 Å². The summed E-state index contributed by atoms with van der Waals surface area (Å²) in [7, 11) is 6.85. The molecule has 0 amide bonds. The molecular weight excluding hydrogens is 935 g/mol. The maximum absolute atomic E-state index is 15.3. The highest BCUT2D eigenvalue weighted by Gasteiger charge is 2.45. The fourth-order valence-electron chi connectivity index (χ4n) is 11.6. The predicted octanol–water partition coefficient (Wildman–Crippen LogP) is 11.0. The molecule has 5 bridgehead atoms. The van der Waals surface area contributed by atoms with Crippen molar-refractivity contribution in [2.45, 2.75) is 118 Å². The lowest BCUT2D eigenvalue weighted by atomic mass is 9.71. The first-order valence-corrected chi connectivity index (χ1v) is 28.8. The lowest BCUT2D eigenvalue weighted by Crippen LogP contribution is -2.39. The zero-order chi connectivity index (χ0) is 47.0. The van der Waals surface area contributed by atoms with Crippen molar-refractivity contribution in [2.75, 3.05) is 18.9 Å². The molecule has 2 fully saturated rings. The van der Waals surface area contributed by atoms with Crippen LogP contribution in [0.25, 0.3) is 44.2 Å². The highest BCUT2D eigenvalue weighted by molar-refractivity contribution is 8.77. The topological polar surface area (TPSA) is 173 Å². The van der Waals surface area contributed by atoms with E-state index in [2.05, 4.69) is 55.6 Å². The Morgan fingerprint density at radius 3 is 2.56 bits per heavy atom. The average molecular weight is 992 g/mol. The van der Waals surface area contributed by atoms with Crippen molar-refractivity contribution in [3.8, 4) is 45.4 Å². The van der Waals surface area contributed by atoms with Gasteiger partial charge < -0.3 is 45.1 Å². The summed E-state index contributed by atoms with van der Waals surface area (Å²) in [6, 6.07) is 20.2. The van der Waals surface area contributed by atoms with E-state index in [4.69, 9.17) is 9.15 Å². The summed E-state index contributed by atoms with van der Waals surface area (Å²) in [5.41, 5.74) is 7.71. The number of hydrogen-bond donors (Lipinski definition) is 7. The molecule has 10 nitrogen and oxygen atoms in total. The maximum atomic E-state index is 15.3. The van der Waals surface area contributed by atoms with Crippen LogP contribution in [0.5, 0.6) is 23.0 Å². The summed E-state index contributed by atoms with van der Waals surface area (Å²) in [6.07, 6.45) is 2.74. The molecule has 2 saturated heterocycles. The number of phenols is 2. The molecule has 0 radical (unpaired) electrons. The Bertz CT molecular complexity index is 3010. The standard InChI is InChI=1S/C54H57NO9S4/c1-26(2)18-30-22-34(37-25-66-67-42-14-5-15-55-47(42)29-9-3-8-27(19-29)20-33(37)48(30)59)52-51(62)50(61)46-41(64-52)24-39(58)45-35-21-28(10-6-16-56)31-11-4-12-32-43(31)44(35)36-23-40(63-53(45)46)38(57)13-7-17-65-68-54(32)49(36)60/h3-4,8-9,11-12,19,21-22,24,26,36,38,40,42,47,49,54-60,62H,5-7,10,13-18,20,23,25H2,1-2H3/t36-,38-,40+,42-,47+,49-,54-/m0/s1. The average Bonchev–Trinajstić information content (AvgIpc) is 3.35. The number of aryl methyl sites for hydroxylation is 1. The number of aromatic hydroxyl groups is 3. The summed E-state index contributed by atoms with van der Waals surface area (Å²) < 4.78 is 13.7. The van der Waals surface area contributed by atoms with Crippen LogP contribution in [0.4, 0.5) is 0 Å². The smallest absolute Gasteiger partial charge is 0.238 e. The van der Waals surface area contributed by atoms with Crippen LogP contribution in [0, 0.1) is 5.92 Å². The number of nitrogens with one attached hydrogen (secondary N) is 1. The van der Waals surface area contributed by atoms with Crippen LogP contribution < -0.4 is 15.5 Å². The minimum atomic E-state index is -0.975. The second-order valence-electron chi connectivity index (χ2n) is 19.6. The van der Waals surface area contributed by atoms with E-state index in [1.165, 1.54) is 11.6 Å². The minimum Gasteiger partial charge on any atom is -0.507 e. The lowest BCUT2D eigenvalue weighted by molar-refractivity contribution is 0.00975. The number of aliphatic hydroxyl groups is 3. The van der Waals surface area contributed by atoms with E-state index >= 15 is 4.79 Å². The van der Waals surface area contributed by atoms with Crippen LogP contribution >= 0.6 is 43.2 Å². The summed E-state index contributed by atoms with van der Waals surface area (Å²) in [5, 5.41) is 77.2. The van der Waals surface area contributed by atoms with Gasteiger partial charge in [-0.25, -0.2) is 0 Å². The van der Waals surface area contributed by atoms with Crippen LogP contribution in [0.3, 0.4) is 0 Å². The second-order valence-corrected chi connectivity index (χ2v) is 24.8. The highest BCUT2D eigenvalue weighted by atomic mass is 33.1. The molecule has 11 rings (SSSR count). The molecule has 5 aliphatic rings. The Labute approximate surface area is 411 Å². The molecule has 5 heterocycles. The third-order valence-electron chi connectivity index (χ3n) is 14.7. The van der Waals surface area contributed by atoms with Gasteiger partial charge in [-0.3, -0.25) is 4.79 Å². The third kappa shape index (κ3) is 8.08. The normalized spacial score (nSPS) is 24.6. The molecule has 0 unspecified atom stereocenters. The van der Waals surface area contributed by atoms with E-state index in [9.17, 15) is 30.6 Å². The fourth-order valence-corrected chi connectivity index (χ4v) is 17.5. The molecule has 5 aromatic carbocycles. The number of benzene rings is 5. The van der Waals surface area contributed by atoms with Crippen molar-refractivity contribution < 1.29 is 39.8 Å². The first-order chi connectivity index (χ1) is 33.0. The van der Waals surface area contributed by atoms with Crippen molar-refractivity contribution in [2.24, 2.45) is 5.92 Å². The van der Waals surface area contributed by atoms with Crippen molar-refractivity contribution in [3.63, 3.8) is 0 Å². The number of aliphatic hydroxyl groups excluding tert-OH is 3. The van der Waals surface area contributed by atoms with Crippen molar-refractivity contribution in [3.05, 3.63) is 115 Å². The minimum absolute atomic E-state index is 0.000562. The number of rotatable bonds is 6. The molecule has 68 heavy (non-hydrogen) atoms. The van der Waals surface area contributed by atoms with Gasteiger partial charge in [0.05, 0.1) is 23.0 Å². The summed E-state index contributed by atoms with van der Waals surface area (Å²) >= 11 is 0. The lowest BCUT2D eigenvalue weighted by Gasteiger charge is -2.41. The summed E-state index contributed by atoms with van der Waals surface area (Å²) in [6.45, 7) is 5.10. The SMILES string of the molecule is CC(C)Cc1cc(-c2oc3cc(O)c4c(c3c(=O)c2O)O[C@@H]2C[C@H]3c5c-4cc(CCCO)c4cccc(c54)[C@H](SSCCC[C@@H]2O)[C@H]3O)c2c(c1O)Cc1cccc(c1)[C@H]1NCCC[C@@H]1SSC2. The molecular formula is C54H57NO9S4. The Kier molecular flexibility index (Phi) is 12.9. The number of piperidine rings is 1. The van der Waals surface area contributed by atoms with E-state index in [0.717, 1.165) is 63.7 Å². The molecule has 7 N–H and O–H groups in total. The number of hydrogen-bond acceptors (Lipinski definition) is 14. The van der Waals surface area contributed by atoms with E-state index in [1.54, 1.807) is 32.4 Å². The Morgan fingerprint density at radius 2 is 1.72 bits per heavy atom. The van der Waals surface area contributed by atoms with E-state index in [0.29, 0.717) is 71.8 Å². The molecule has 4 aliphatic heterocycles. The molecule has 0 spiro atoms.